The Kier molecular flexibility index (Phi) is 9.04. The van der Waals surface area contributed by atoms with Crippen molar-refractivity contribution in [2.45, 2.75) is 13.0 Å². The number of carbonyl (C=O) groups excluding carboxylic acids is 2. The molecule has 202 valence electrons. The Balaban J connectivity index is 1.61. The van der Waals surface area contributed by atoms with Crippen molar-refractivity contribution < 1.29 is 23.8 Å². The fourth-order valence-corrected chi connectivity index (χ4v) is 4.98. The number of allylic oxidation sites excluding steroid dienone is 1. The quantitative estimate of drug-likeness (QED) is 0.185. The van der Waals surface area contributed by atoms with Crippen molar-refractivity contribution in [3.63, 3.8) is 0 Å². The third kappa shape index (κ3) is 6.25. The van der Waals surface area contributed by atoms with Gasteiger partial charge in [-0.15, -0.1) is 6.58 Å². The molecular formula is C31H27N3O5S. The predicted octanol–water partition coefficient (Wildman–Crippen LogP) is 5.89. The second-order valence-corrected chi connectivity index (χ2v) is 9.68. The Morgan fingerprint density at radius 1 is 1.12 bits per heavy atom. The number of carbonyl (C=O) groups is 2. The van der Waals surface area contributed by atoms with Gasteiger partial charge in [-0.2, -0.15) is 5.26 Å². The van der Waals surface area contributed by atoms with Crippen molar-refractivity contribution in [2.75, 3.05) is 21.3 Å². The van der Waals surface area contributed by atoms with Gasteiger partial charge in [-0.05, 0) is 72.3 Å². The molecule has 3 aromatic carbocycles. The standard InChI is InChI=1S/C31H27N3O5S/c1-5-8-22-15-20(16-26(37-3)28(22)39-19-24-10-7-6-9-23(24)18-32)17-27-29(35)34(2)31(40-27)33-25-13-11-21(12-14-25)30(36)38-4/h5-7,9-17H,1,8,19H2,2-4H3. The van der Waals surface area contributed by atoms with Crippen LogP contribution in [0.5, 0.6) is 11.5 Å². The molecule has 1 heterocycles. The van der Waals surface area contributed by atoms with Gasteiger partial charge in [0.2, 0.25) is 0 Å². The SMILES string of the molecule is C=CCc1cc(C=C2SC(=Nc3ccc(C(=O)OC)cc3)N(C)C2=O)cc(OC)c1OCc1ccccc1C#N. The molecule has 1 fully saturated rings. The molecule has 0 radical (unpaired) electrons. The minimum absolute atomic E-state index is 0.187. The maximum Gasteiger partial charge on any atom is 0.337 e. The smallest absolute Gasteiger partial charge is 0.337 e. The number of amides is 1. The number of ether oxygens (including phenoxy) is 3. The van der Waals surface area contributed by atoms with Gasteiger partial charge in [0.25, 0.3) is 5.91 Å². The van der Waals surface area contributed by atoms with E-state index in [4.69, 9.17) is 14.2 Å². The molecule has 0 aliphatic carbocycles. The highest BCUT2D eigenvalue weighted by Crippen LogP contribution is 2.38. The minimum atomic E-state index is -0.429. The van der Waals surface area contributed by atoms with Crippen LogP contribution >= 0.6 is 11.8 Å². The first kappa shape index (κ1) is 28.2. The number of nitriles is 1. The summed E-state index contributed by atoms with van der Waals surface area (Å²) >= 11 is 1.25. The number of methoxy groups -OCH3 is 2. The van der Waals surface area contributed by atoms with Crippen LogP contribution in [0.1, 0.15) is 32.6 Å². The van der Waals surface area contributed by atoms with E-state index in [1.165, 1.54) is 23.8 Å². The summed E-state index contributed by atoms with van der Waals surface area (Å²) in [4.78, 5) is 31.3. The van der Waals surface area contributed by atoms with Gasteiger partial charge in [0.15, 0.2) is 16.7 Å². The molecule has 0 aromatic heterocycles. The van der Waals surface area contributed by atoms with Crippen LogP contribution in [0.4, 0.5) is 5.69 Å². The van der Waals surface area contributed by atoms with Crippen LogP contribution in [0.2, 0.25) is 0 Å². The Morgan fingerprint density at radius 2 is 1.88 bits per heavy atom. The van der Waals surface area contributed by atoms with E-state index in [-0.39, 0.29) is 12.5 Å². The van der Waals surface area contributed by atoms with Gasteiger partial charge < -0.3 is 14.2 Å². The van der Waals surface area contributed by atoms with E-state index in [1.807, 2.05) is 24.3 Å². The highest BCUT2D eigenvalue weighted by Gasteiger charge is 2.30. The maximum atomic E-state index is 13.0. The summed E-state index contributed by atoms with van der Waals surface area (Å²) in [5.74, 6) is 0.440. The number of nitrogens with zero attached hydrogens (tertiary/aromatic N) is 3. The lowest BCUT2D eigenvalue weighted by Crippen LogP contribution is -2.23. The predicted molar refractivity (Wildman–Crippen MR) is 156 cm³/mol. The van der Waals surface area contributed by atoms with E-state index in [1.54, 1.807) is 62.7 Å². The zero-order valence-corrected chi connectivity index (χ0v) is 23.2. The van der Waals surface area contributed by atoms with Crippen LogP contribution in [0.3, 0.4) is 0 Å². The molecule has 8 nitrogen and oxygen atoms in total. The molecule has 4 rings (SSSR count). The number of rotatable bonds is 9. The highest BCUT2D eigenvalue weighted by molar-refractivity contribution is 8.18. The molecule has 0 spiro atoms. The number of hydrogen-bond donors (Lipinski definition) is 0. The van der Waals surface area contributed by atoms with Crippen molar-refractivity contribution in [3.8, 4) is 17.6 Å². The molecule has 0 unspecified atom stereocenters. The molecule has 1 saturated heterocycles. The van der Waals surface area contributed by atoms with Crippen LogP contribution in [0.25, 0.3) is 6.08 Å². The Morgan fingerprint density at radius 3 is 2.55 bits per heavy atom. The summed E-state index contributed by atoms with van der Waals surface area (Å²) in [5.41, 5.74) is 3.92. The van der Waals surface area contributed by atoms with Crippen LogP contribution in [0.15, 0.2) is 83.2 Å². The lowest BCUT2D eigenvalue weighted by Gasteiger charge is -2.16. The number of thioether (sulfide) groups is 1. The van der Waals surface area contributed by atoms with E-state index in [0.29, 0.717) is 44.8 Å². The largest absolute Gasteiger partial charge is 0.493 e. The van der Waals surface area contributed by atoms with E-state index in [2.05, 4.69) is 17.6 Å². The van der Waals surface area contributed by atoms with Crippen LogP contribution < -0.4 is 9.47 Å². The molecule has 0 bridgehead atoms. The van der Waals surface area contributed by atoms with Crippen LogP contribution in [-0.4, -0.2) is 43.2 Å². The zero-order valence-electron chi connectivity index (χ0n) is 22.3. The topological polar surface area (TPSA) is 101 Å². The molecule has 0 N–H and O–H groups in total. The number of likely N-dealkylation sites (N-methyl/N-ethyl adjacent to an activating group) is 1. The van der Waals surface area contributed by atoms with Crippen molar-refractivity contribution in [1.29, 1.82) is 5.26 Å². The van der Waals surface area contributed by atoms with Gasteiger partial charge in [0, 0.05) is 18.2 Å². The second kappa shape index (κ2) is 12.8. The first-order chi connectivity index (χ1) is 19.4. The number of benzene rings is 3. The number of esters is 1. The second-order valence-electron chi connectivity index (χ2n) is 8.67. The van der Waals surface area contributed by atoms with E-state index < -0.39 is 5.97 Å². The zero-order chi connectivity index (χ0) is 28.6. The lowest BCUT2D eigenvalue weighted by molar-refractivity contribution is -0.121. The van der Waals surface area contributed by atoms with E-state index in [9.17, 15) is 14.9 Å². The first-order valence-corrected chi connectivity index (χ1v) is 13.1. The molecular weight excluding hydrogens is 526 g/mol. The van der Waals surface area contributed by atoms with Crippen LogP contribution in [-0.2, 0) is 22.6 Å². The average Bonchev–Trinajstić information content (AvgIpc) is 3.23. The molecule has 40 heavy (non-hydrogen) atoms. The molecule has 0 atom stereocenters. The molecule has 1 aliphatic heterocycles. The van der Waals surface area contributed by atoms with Gasteiger partial charge in [-0.25, -0.2) is 9.79 Å². The van der Waals surface area contributed by atoms with E-state index >= 15 is 0 Å². The van der Waals surface area contributed by atoms with Crippen LogP contribution in [0, 0.1) is 11.3 Å². The lowest BCUT2D eigenvalue weighted by atomic mass is 10.0. The fraction of sp³-hybridized carbons (Fsp3) is 0.161. The summed E-state index contributed by atoms with van der Waals surface area (Å²) in [7, 11) is 4.55. The van der Waals surface area contributed by atoms with Gasteiger partial charge in [-0.1, -0.05) is 24.3 Å². The molecule has 0 saturated carbocycles. The fourth-order valence-electron chi connectivity index (χ4n) is 4.00. The first-order valence-electron chi connectivity index (χ1n) is 12.3. The summed E-state index contributed by atoms with van der Waals surface area (Å²) < 4.78 is 16.5. The van der Waals surface area contributed by atoms with Gasteiger partial charge in [-0.3, -0.25) is 9.69 Å². The summed E-state index contributed by atoms with van der Waals surface area (Å²) in [6.07, 6.45) is 4.06. The maximum absolute atomic E-state index is 13.0. The third-order valence-electron chi connectivity index (χ3n) is 6.06. The Hall–Kier alpha value is -4.81. The summed E-state index contributed by atoms with van der Waals surface area (Å²) in [6, 6.07) is 19.8. The van der Waals surface area contributed by atoms with Crippen molar-refractivity contribution >= 4 is 40.6 Å². The minimum Gasteiger partial charge on any atom is -0.493 e. The monoisotopic (exact) mass is 553 g/mol. The summed E-state index contributed by atoms with van der Waals surface area (Å²) in [6.45, 7) is 4.06. The Labute approximate surface area is 237 Å². The Bertz CT molecular complexity index is 1550. The van der Waals surface area contributed by atoms with Gasteiger partial charge in [0.05, 0.1) is 42.0 Å². The summed E-state index contributed by atoms with van der Waals surface area (Å²) in [5, 5.41) is 9.91. The normalized spacial score (nSPS) is 14.8. The average molecular weight is 554 g/mol. The highest BCUT2D eigenvalue weighted by atomic mass is 32.2. The van der Waals surface area contributed by atoms with Crippen molar-refractivity contribution in [1.82, 2.24) is 4.90 Å². The van der Waals surface area contributed by atoms with E-state index in [0.717, 1.165) is 16.7 Å². The third-order valence-corrected chi connectivity index (χ3v) is 7.12. The van der Waals surface area contributed by atoms with Crippen molar-refractivity contribution in [2.24, 2.45) is 4.99 Å². The molecule has 3 aromatic rings. The molecule has 9 heteroatoms. The van der Waals surface area contributed by atoms with Crippen molar-refractivity contribution in [3.05, 3.63) is 106 Å². The number of amidine groups is 1. The molecule has 1 aliphatic rings. The molecule has 1 amide bonds. The van der Waals surface area contributed by atoms with Gasteiger partial charge >= 0.3 is 5.97 Å². The number of aliphatic imine (C=N–C) groups is 1. The van der Waals surface area contributed by atoms with Gasteiger partial charge in [0.1, 0.15) is 6.61 Å². The number of hydrogen-bond acceptors (Lipinski definition) is 8.